The standard InChI is InChI=1S/C22H27FN4O/c1-2-24-22(27-14-11-18-5-3-4-6-19(18)16-27)26-13-12-25-21(28)15-17-7-9-20(23)10-8-17/h3-10H,2,11-16H2,1H3,(H,24,26)(H,25,28). The van der Waals surface area contributed by atoms with Crippen LogP contribution in [0.15, 0.2) is 53.5 Å². The lowest BCUT2D eigenvalue weighted by atomic mass is 10.0. The van der Waals surface area contributed by atoms with Crippen LogP contribution in [0.2, 0.25) is 0 Å². The number of benzene rings is 2. The van der Waals surface area contributed by atoms with Gasteiger partial charge in [0.15, 0.2) is 5.96 Å². The number of carbonyl (C=O) groups is 1. The number of nitrogens with zero attached hydrogens (tertiary/aromatic N) is 2. The Morgan fingerprint density at radius 3 is 2.61 bits per heavy atom. The van der Waals surface area contributed by atoms with Gasteiger partial charge in [0.1, 0.15) is 5.82 Å². The molecule has 0 fully saturated rings. The molecule has 6 heteroatoms. The molecule has 2 aromatic carbocycles. The third-order valence-corrected chi connectivity index (χ3v) is 4.74. The van der Waals surface area contributed by atoms with Crippen molar-refractivity contribution >= 4 is 11.9 Å². The molecule has 0 unspecified atom stereocenters. The van der Waals surface area contributed by atoms with Crippen molar-refractivity contribution < 1.29 is 9.18 Å². The van der Waals surface area contributed by atoms with Crippen LogP contribution in [-0.2, 0) is 24.2 Å². The Labute approximate surface area is 165 Å². The maximum absolute atomic E-state index is 12.9. The van der Waals surface area contributed by atoms with Gasteiger partial charge in [-0.3, -0.25) is 9.79 Å². The molecule has 3 rings (SSSR count). The quantitative estimate of drug-likeness (QED) is 0.459. The summed E-state index contributed by atoms with van der Waals surface area (Å²) in [5, 5.41) is 6.22. The molecule has 28 heavy (non-hydrogen) atoms. The molecule has 148 valence electrons. The fourth-order valence-electron chi connectivity index (χ4n) is 3.31. The maximum Gasteiger partial charge on any atom is 0.224 e. The Hall–Kier alpha value is -2.89. The Morgan fingerprint density at radius 2 is 1.86 bits per heavy atom. The molecule has 0 atom stereocenters. The molecular weight excluding hydrogens is 355 g/mol. The zero-order chi connectivity index (χ0) is 19.8. The van der Waals surface area contributed by atoms with Crippen LogP contribution in [-0.4, -0.2) is 42.9 Å². The molecule has 0 saturated carbocycles. The summed E-state index contributed by atoms with van der Waals surface area (Å²) in [6.07, 6.45) is 1.25. The van der Waals surface area contributed by atoms with Gasteiger partial charge in [0, 0.05) is 26.2 Å². The summed E-state index contributed by atoms with van der Waals surface area (Å²) in [7, 11) is 0. The van der Waals surface area contributed by atoms with E-state index in [-0.39, 0.29) is 18.1 Å². The fraction of sp³-hybridized carbons (Fsp3) is 0.364. The zero-order valence-electron chi connectivity index (χ0n) is 16.2. The molecule has 0 bridgehead atoms. The van der Waals surface area contributed by atoms with E-state index in [0.29, 0.717) is 13.1 Å². The second-order valence-electron chi connectivity index (χ2n) is 6.83. The van der Waals surface area contributed by atoms with E-state index < -0.39 is 0 Å². The van der Waals surface area contributed by atoms with Crippen LogP contribution in [0, 0.1) is 5.82 Å². The van der Waals surface area contributed by atoms with Gasteiger partial charge in [-0.1, -0.05) is 36.4 Å². The molecule has 0 spiro atoms. The average molecular weight is 382 g/mol. The van der Waals surface area contributed by atoms with Gasteiger partial charge in [-0.2, -0.15) is 0 Å². The molecule has 1 heterocycles. The largest absolute Gasteiger partial charge is 0.357 e. The Kier molecular flexibility index (Phi) is 7.00. The van der Waals surface area contributed by atoms with Crippen molar-refractivity contribution in [2.75, 3.05) is 26.2 Å². The lowest BCUT2D eigenvalue weighted by Crippen LogP contribution is -2.44. The first-order valence-electron chi connectivity index (χ1n) is 9.77. The van der Waals surface area contributed by atoms with Crippen LogP contribution >= 0.6 is 0 Å². The summed E-state index contributed by atoms with van der Waals surface area (Å²) in [6, 6.07) is 14.5. The molecule has 0 radical (unpaired) electrons. The summed E-state index contributed by atoms with van der Waals surface area (Å²) >= 11 is 0. The number of hydrogen-bond acceptors (Lipinski definition) is 2. The number of halogens is 1. The minimum Gasteiger partial charge on any atom is -0.357 e. The smallest absolute Gasteiger partial charge is 0.224 e. The number of carbonyl (C=O) groups excluding carboxylic acids is 1. The lowest BCUT2D eigenvalue weighted by molar-refractivity contribution is -0.120. The third-order valence-electron chi connectivity index (χ3n) is 4.74. The molecule has 1 aliphatic rings. The molecule has 1 amide bonds. The Morgan fingerprint density at radius 1 is 1.11 bits per heavy atom. The van der Waals surface area contributed by atoms with Crippen molar-refractivity contribution in [2.24, 2.45) is 4.99 Å². The van der Waals surface area contributed by atoms with Crippen molar-refractivity contribution in [3.05, 3.63) is 71.0 Å². The second kappa shape index (κ2) is 9.88. The minimum absolute atomic E-state index is 0.0845. The summed E-state index contributed by atoms with van der Waals surface area (Å²) in [6.45, 7) is 5.61. The van der Waals surface area contributed by atoms with E-state index >= 15 is 0 Å². The second-order valence-corrected chi connectivity index (χ2v) is 6.83. The Bertz CT molecular complexity index is 820. The van der Waals surface area contributed by atoms with E-state index in [4.69, 9.17) is 0 Å². The number of amides is 1. The molecule has 2 aromatic rings. The highest BCUT2D eigenvalue weighted by atomic mass is 19.1. The summed E-state index contributed by atoms with van der Waals surface area (Å²) in [5.74, 6) is 0.498. The lowest BCUT2D eigenvalue weighted by Gasteiger charge is -2.31. The molecule has 0 aromatic heterocycles. The van der Waals surface area contributed by atoms with Crippen LogP contribution < -0.4 is 10.6 Å². The van der Waals surface area contributed by atoms with Crippen molar-refractivity contribution in [1.82, 2.24) is 15.5 Å². The number of aliphatic imine (C=N–C) groups is 1. The molecular formula is C22H27FN4O. The van der Waals surface area contributed by atoms with Gasteiger partial charge in [0.2, 0.25) is 5.91 Å². The molecule has 1 aliphatic heterocycles. The number of nitrogens with one attached hydrogen (secondary N) is 2. The number of fused-ring (bicyclic) bond motifs is 1. The van der Waals surface area contributed by atoms with E-state index in [2.05, 4.69) is 51.7 Å². The summed E-state index contributed by atoms with van der Waals surface area (Å²) < 4.78 is 12.9. The van der Waals surface area contributed by atoms with Gasteiger partial charge in [-0.05, 0) is 42.2 Å². The van der Waals surface area contributed by atoms with Gasteiger partial charge in [-0.25, -0.2) is 4.39 Å². The number of rotatable bonds is 6. The van der Waals surface area contributed by atoms with E-state index in [0.717, 1.165) is 37.6 Å². The first kappa shape index (κ1) is 19.9. The molecule has 2 N–H and O–H groups in total. The molecule has 5 nitrogen and oxygen atoms in total. The highest BCUT2D eigenvalue weighted by Crippen LogP contribution is 2.18. The van der Waals surface area contributed by atoms with Crippen LogP contribution in [0.3, 0.4) is 0 Å². The van der Waals surface area contributed by atoms with Gasteiger partial charge in [0.05, 0.1) is 13.0 Å². The van der Waals surface area contributed by atoms with E-state index in [1.807, 2.05) is 0 Å². The van der Waals surface area contributed by atoms with Crippen LogP contribution in [0.4, 0.5) is 4.39 Å². The average Bonchev–Trinajstić information content (AvgIpc) is 2.71. The zero-order valence-corrected chi connectivity index (χ0v) is 16.2. The highest BCUT2D eigenvalue weighted by molar-refractivity contribution is 5.80. The SMILES string of the molecule is CCNC(=NCCNC(=O)Cc1ccc(F)cc1)N1CCc2ccccc2C1. The van der Waals surface area contributed by atoms with Gasteiger partial charge >= 0.3 is 0 Å². The number of guanidine groups is 1. The van der Waals surface area contributed by atoms with E-state index in [1.54, 1.807) is 12.1 Å². The van der Waals surface area contributed by atoms with Gasteiger partial charge in [0.25, 0.3) is 0 Å². The van der Waals surface area contributed by atoms with E-state index in [1.165, 1.54) is 23.3 Å². The van der Waals surface area contributed by atoms with Crippen LogP contribution in [0.5, 0.6) is 0 Å². The predicted octanol–water partition coefficient (Wildman–Crippen LogP) is 2.51. The van der Waals surface area contributed by atoms with Gasteiger partial charge in [-0.15, -0.1) is 0 Å². The topological polar surface area (TPSA) is 56.7 Å². The van der Waals surface area contributed by atoms with E-state index in [9.17, 15) is 9.18 Å². The highest BCUT2D eigenvalue weighted by Gasteiger charge is 2.18. The van der Waals surface area contributed by atoms with Crippen molar-refractivity contribution in [2.45, 2.75) is 26.3 Å². The van der Waals surface area contributed by atoms with Crippen LogP contribution in [0.1, 0.15) is 23.6 Å². The predicted molar refractivity (Wildman–Crippen MR) is 110 cm³/mol. The van der Waals surface area contributed by atoms with Crippen molar-refractivity contribution in [3.8, 4) is 0 Å². The first-order chi connectivity index (χ1) is 13.7. The number of hydrogen-bond donors (Lipinski definition) is 2. The monoisotopic (exact) mass is 382 g/mol. The van der Waals surface area contributed by atoms with Crippen molar-refractivity contribution in [1.29, 1.82) is 0 Å². The normalized spacial score (nSPS) is 13.8. The first-order valence-corrected chi connectivity index (χ1v) is 9.77. The maximum atomic E-state index is 12.9. The Balaban J connectivity index is 1.49. The van der Waals surface area contributed by atoms with Crippen molar-refractivity contribution in [3.63, 3.8) is 0 Å². The van der Waals surface area contributed by atoms with Gasteiger partial charge < -0.3 is 15.5 Å². The third kappa shape index (κ3) is 5.55. The summed E-state index contributed by atoms with van der Waals surface area (Å²) in [5.41, 5.74) is 3.54. The van der Waals surface area contributed by atoms with Crippen LogP contribution in [0.25, 0.3) is 0 Å². The molecule has 0 saturated heterocycles. The fourth-order valence-corrected chi connectivity index (χ4v) is 3.31. The summed E-state index contributed by atoms with van der Waals surface area (Å²) in [4.78, 5) is 19.0. The minimum atomic E-state index is -0.296. The molecule has 0 aliphatic carbocycles.